The highest BCUT2D eigenvalue weighted by Crippen LogP contribution is 1.76. The van der Waals surface area contributed by atoms with Crippen LogP contribution in [0.4, 0.5) is 0 Å². The molecule has 0 aliphatic carbocycles. The molecule has 0 heterocycles. The van der Waals surface area contributed by atoms with Crippen molar-refractivity contribution in [1.29, 1.82) is 0 Å². The normalized spacial score (nSPS) is 10.7. The summed E-state index contributed by atoms with van der Waals surface area (Å²) in [6.45, 7) is 5.19. The molecule has 0 radical (unpaired) electrons. The summed E-state index contributed by atoms with van der Waals surface area (Å²) in [5.74, 6) is 5.38. The second-order valence-corrected chi connectivity index (χ2v) is 2.19. The maximum atomic E-state index is 5.38. The van der Waals surface area contributed by atoms with Crippen LogP contribution in [0.3, 0.4) is 0 Å². The van der Waals surface area contributed by atoms with Crippen LogP contribution in [0.2, 0.25) is 0 Å². The third-order valence-corrected chi connectivity index (χ3v) is 1.11. The summed E-state index contributed by atoms with van der Waals surface area (Å²) in [5.41, 5.74) is 0. The summed E-state index contributed by atoms with van der Waals surface area (Å²) in [6.07, 6.45) is 1.13. The highest BCUT2D eigenvalue weighted by molar-refractivity contribution is 4.45. The Kier molecular flexibility index (Phi) is 5.93. The predicted molar refractivity (Wildman–Crippen MR) is 40.0 cm³/mol. The lowest BCUT2D eigenvalue weighted by Crippen LogP contribution is -2.29. The minimum absolute atomic E-state index is 0.965. The quantitative estimate of drug-likeness (QED) is 0.308. The first-order valence-corrected chi connectivity index (χ1v) is 3.44. The van der Waals surface area contributed by atoms with E-state index in [0.29, 0.717) is 0 Å². The van der Waals surface area contributed by atoms with Crippen molar-refractivity contribution >= 4 is 0 Å². The standard InChI is InChI=1S/C6H17N3/c1-3-8-5-4-6-9(2)7/h8H,3-7H2,1-2H3. The van der Waals surface area contributed by atoms with E-state index in [-0.39, 0.29) is 0 Å². The van der Waals surface area contributed by atoms with E-state index in [1.807, 2.05) is 7.05 Å². The van der Waals surface area contributed by atoms with E-state index in [0.717, 1.165) is 26.1 Å². The fourth-order valence-electron chi connectivity index (χ4n) is 0.630. The molecule has 0 spiro atoms. The Balaban J connectivity index is 2.75. The molecule has 0 amide bonds. The topological polar surface area (TPSA) is 41.3 Å². The van der Waals surface area contributed by atoms with Gasteiger partial charge in [0.2, 0.25) is 0 Å². The largest absolute Gasteiger partial charge is 0.317 e. The van der Waals surface area contributed by atoms with E-state index in [1.165, 1.54) is 0 Å². The Morgan fingerprint density at radius 1 is 1.56 bits per heavy atom. The van der Waals surface area contributed by atoms with Crippen LogP contribution in [0.1, 0.15) is 13.3 Å². The highest BCUT2D eigenvalue weighted by atomic mass is 15.4. The summed E-state index contributed by atoms with van der Waals surface area (Å²) in [4.78, 5) is 0. The van der Waals surface area contributed by atoms with E-state index in [1.54, 1.807) is 5.01 Å². The lowest BCUT2D eigenvalue weighted by Gasteiger charge is -2.08. The minimum atomic E-state index is 0.965. The number of hydrogen-bond donors (Lipinski definition) is 2. The van der Waals surface area contributed by atoms with Gasteiger partial charge in [-0.2, -0.15) is 0 Å². The first kappa shape index (κ1) is 8.88. The highest BCUT2D eigenvalue weighted by Gasteiger charge is 1.87. The molecular formula is C6H17N3. The summed E-state index contributed by atoms with van der Waals surface area (Å²) in [6, 6.07) is 0. The maximum Gasteiger partial charge on any atom is 0.0137 e. The van der Waals surface area contributed by atoms with E-state index in [9.17, 15) is 0 Å². The zero-order valence-corrected chi connectivity index (χ0v) is 6.35. The summed E-state index contributed by atoms with van der Waals surface area (Å²) in [5, 5.41) is 4.93. The van der Waals surface area contributed by atoms with Gasteiger partial charge in [0.05, 0.1) is 0 Å². The Morgan fingerprint density at radius 3 is 2.67 bits per heavy atom. The van der Waals surface area contributed by atoms with Gasteiger partial charge in [0.1, 0.15) is 0 Å². The molecule has 0 fully saturated rings. The van der Waals surface area contributed by atoms with Crippen molar-refractivity contribution in [3.05, 3.63) is 0 Å². The fraction of sp³-hybridized carbons (Fsp3) is 1.00. The molecular weight excluding hydrogens is 114 g/mol. The van der Waals surface area contributed by atoms with Gasteiger partial charge in [-0.15, -0.1) is 0 Å². The Morgan fingerprint density at radius 2 is 2.22 bits per heavy atom. The number of hydrogen-bond acceptors (Lipinski definition) is 3. The molecule has 3 N–H and O–H groups in total. The summed E-state index contributed by atoms with van der Waals surface area (Å²) in [7, 11) is 1.88. The summed E-state index contributed by atoms with van der Waals surface area (Å²) < 4.78 is 0. The molecule has 0 aromatic rings. The number of nitrogens with two attached hydrogens (primary N) is 1. The molecule has 0 aliphatic rings. The van der Waals surface area contributed by atoms with Crippen molar-refractivity contribution < 1.29 is 0 Å². The van der Waals surface area contributed by atoms with Crippen LogP contribution in [-0.2, 0) is 0 Å². The van der Waals surface area contributed by atoms with Crippen molar-refractivity contribution in [2.45, 2.75) is 13.3 Å². The second-order valence-electron chi connectivity index (χ2n) is 2.19. The average Bonchev–Trinajstić information content (AvgIpc) is 1.80. The molecule has 0 atom stereocenters. The molecule has 0 aromatic carbocycles. The van der Waals surface area contributed by atoms with Gasteiger partial charge in [-0.05, 0) is 19.5 Å². The Labute approximate surface area is 57.2 Å². The minimum Gasteiger partial charge on any atom is -0.317 e. The van der Waals surface area contributed by atoms with Crippen LogP contribution in [0, 0.1) is 0 Å². The third-order valence-electron chi connectivity index (χ3n) is 1.11. The fourth-order valence-corrected chi connectivity index (χ4v) is 0.630. The van der Waals surface area contributed by atoms with Crippen molar-refractivity contribution in [2.75, 3.05) is 26.7 Å². The van der Waals surface area contributed by atoms with E-state index >= 15 is 0 Å². The van der Waals surface area contributed by atoms with Crippen LogP contribution in [-0.4, -0.2) is 31.7 Å². The van der Waals surface area contributed by atoms with Crippen LogP contribution in [0.25, 0.3) is 0 Å². The molecule has 56 valence electrons. The van der Waals surface area contributed by atoms with Gasteiger partial charge in [0, 0.05) is 13.6 Å². The number of nitrogens with zero attached hydrogens (tertiary/aromatic N) is 1. The molecule has 0 saturated carbocycles. The van der Waals surface area contributed by atoms with E-state index < -0.39 is 0 Å². The third kappa shape index (κ3) is 7.88. The van der Waals surface area contributed by atoms with E-state index in [4.69, 9.17) is 5.84 Å². The molecule has 3 nitrogen and oxygen atoms in total. The monoisotopic (exact) mass is 131 g/mol. The van der Waals surface area contributed by atoms with Crippen molar-refractivity contribution in [2.24, 2.45) is 5.84 Å². The van der Waals surface area contributed by atoms with Gasteiger partial charge in [0.15, 0.2) is 0 Å². The van der Waals surface area contributed by atoms with Gasteiger partial charge in [-0.25, -0.2) is 0 Å². The van der Waals surface area contributed by atoms with Crippen LogP contribution < -0.4 is 11.2 Å². The summed E-state index contributed by atoms with van der Waals surface area (Å²) >= 11 is 0. The van der Waals surface area contributed by atoms with Gasteiger partial charge >= 0.3 is 0 Å². The van der Waals surface area contributed by atoms with Crippen molar-refractivity contribution in [3.8, 4) is 0 Å². The van der Waals surface area contributed by atoms with Crippen molar-refractivity contribution in [1.82, 2.24) is 10.3 Å². The van der Waals surface area contributed by atoms with E-state index in [2.05, 4.69) is 12.2 Å². The molecule has 0 aromatic heterocycles. The first-order chi connectivity index (χ1) is 4.27. The van der Waals surface area contributed by atoms with Crippen LogP contribution >= 0.6 is 0 Å². The smallest absolute Gasteiger partial charge is 0.0137 e. The molecule has 0 bridgehead atoms. The Bertz CT molecular complexity index is 54.3. The molecule has 9 heavy (non-hydrogen) atoms. The molecule has 0 aliphatic heterocycles. The molecule has 0 unspecified atom stereocenters. The van der Waals surface area contributed by atoms with Gasteiger partial charge in [0.25, 0.3) is 0 Å². The second kappa shape index (κ2) is 6.01. The van der Waals surface area contributed by atoms with Gasteiger partial charge in [-0.1, -0.05) is 6.92 Å². The van der Waals surface area contributed by atoms with Crippen LogP contribution in [0.15, 0.2) is 0 Å². The van der Waals surface area contributed by atoms with Crippen molar-refractivity contribution in [3.63, 3.8) is 0 Å². The number of hydrazine groups is 1. The SMILES string of the molecule is CCNCCCN(C)N. The molecule has 0 rings (SSSR count). The molecule has 3 heteroatoms. The average molecular weight is 131 g/mol. The number of nitrogens with one attached hydrogen (secondary N) is 1. The lowest BCUT2D eigenvalue weighted by atomic mass is 10.4. The maximum absolute atomic E-state index is 5.38. The van der Waals surface area contributed by atoms with Gasteiger partial charge < -0.3 is 5.32 Å². The lowest BCUT2D eigenvalue weighted by molar-refractivity contribution is 0.341. The first-order valence-electron chi connectivity index (χ1n) is 3.44. The zero-order chi connectivity index (χ0) is 7.11. The van der Waals surface area contributed by atoms with Gasteiger partial charge in [-0.3, -0.25) is 10.9 Å². The molecule has 0 saturated heterocycles. The Hall–Kier alpha value is -0.120. The zero-order valence-electron chi connectivity index (χ0n) is 6.35. The predicted octanol–water partition coefficient (Wildman–Crippen LogP) is -0.208. The van der Waals surface area contributed by atoms with Crippen LogP contribution in [0.5, 0.6) is 0 Å². The number of rotatable bonds is 5.